The van der Waals surface area contributed by atoms with Crippen LogP contribution in [0.2, 0.25) is 0 Å². The van der Waals surface area contributed by atoms with E-state index in [2.05, 4.69) is 10.4 Å². The maximum Gasteiger partial charge on any atom is 0.340 e. The molecule has 24 heavy (non-hydrogen) atoms. The first-order valence-corrected chi connectivity index (χ1v) is 7.80. The van der Waals surface area contributed by atoms with E-state index >= 15 is 0 Å². The second-order valence-corrected chi connectivity index (χ2v) is 6.42. The number of anilines is 1. The van der Waals surface area contributed by atoms with E-state index in [4.69, 9.17) is 4.74 Å². The average molecular weight is 352 g/mol. The van der Waals surface area contributed by atoms with Crippen LogP contribution in [0.25, 0.3) is 0 Å². The number of methoxy groups -OCH3 is 1. The molecule has 10 heteroatoms. The van der Waals surface area contributed by atoms with Crippen molar-refractivity contribution in [3.05, 3.63) is 39.0 Å². The molecule has 0 saturated carbocycles. The Morgan fingerprint density at radius 1 is 1.54 bits per heavy atom. The van der Waals surface area contributed by atoms with E-state index in [1.807, 2.05) is 6.92 Å². The molecule has 1 unspecified atom stereocenters. The van der Waals surface area contributed by atoms with E-state index < -0.39 is 16.8 Å². The summed E-state index contributed by atoms with van der Waals surface area (Å²) in [6.45, 7) is 3.66. The van der Waals surface area contributed by atoms with E-state index in [1.54, 1.807) is 13.0 Å². The smallest absolute Gasteiger partial charge is 0.340 e. The van der Waals surface area contributed by atoms with Gasteiger partial charge in [-0.3, -0.25) is 19.6 Å². The highest BCUT2D eigenvalue weighted by Crippen LogP contribution is 2.28. The third-order valence-electron chi connectivity index (χ3n) is 3.24. The number of esters is 1. The summed E-state index contributed by atoms with van der Waals surface area (Å²) < 4.78 is 6.03. The van der Waals surface area contributed by atoms with Gasteiger partial charge in [-0.15, -0.1) is 11.3 Å². The minimum absolute atomic E-state index is 0.135. The second-order valence-electron chi connectivity index (χ2n) is 5.16. The van der Waals surface area contributed by atoms with Crippen LogP contribution < -0.4 is 5.32 Å². The van der Waals surface area contributed by atoms with Gasteiger partial charge in [0.15, 0.2) is 0 Å². The first-order chi connectivity index (χ1) is 11.3. The fourth-order valence-corrected chi connectivity index (χ4v) is 2.92. The monoisotopic (exact) mass is 352 g/mol. The van der Waals surface area contributed by atoms with Crippen molar-refractivity contribution >= 4 is 33.9 Å². The van der Waals surface area contributed by atoms with Crippen LogP contribution in [0, 0.1) is 23.0 Å². The van der Waals surface area contributed by atoms with Crippen LogP contribution in [0.15, 0.2) is 18.5 Å². The number of aromatic nitrogens is 2. The summed E-state index contributed by atoms with van der Waals surface area (Å²) in [7, 11) is 1.27. The predicted molar refractivity (Wildman–Crippen MR) is 87.1 cm³/mol. The molecule has 0 fully saturated rings. The molecule has 2 heterocycles. The molecule has 2 aromatic rings. The molecule has 0 bridgehead atoms. The normalized spacial score (nSPS) is 11.8. The van der Waals surface area contributed by atoms with Gasteiger partial charge in [-0.25, -0.2) is 4.79 Å². The summed E-state index contributed by atoms with van der Waals surface area (Å²) in [6, 6.07) is 1.65. The zero-order valence-corrected chi connectivity index (χ0v) is 14.1. The number of carbonyl (C=O) groups is 2. The van der Waals surface area contributed by atoms with Gasteiger partial charge in [-0.2, -0.15) is 5.10 Å². The molecular weight excluding hydrogens is 336 g/mol. The number of aryl methyl sites for hydroxylation is 1. The van der Waals surface area contributed by atoms with Crippen molar-refractivity contribution in [2.24, 2.45) is 5.92 Å². The van der Waals surface area contributed by atoms with Gasteiger partial charge in [0.05, 0.1) is 30.1 Å². The third-order valence-corrected chi connectivity index (χ3v) is 4.20. The molecule has 0 aliphatic rings. The summed E-state index contributed by atoms with van der Waals surface area (Å²) in [5.41, 5.74) is 0.166. The number of hydrogen-bond donors (Lipinski definition) is 1. The molecule has 2 aromatic heterocycles. The molecule has 0 saturated heterocycles. The van der Waals surface area contributed by atoms with Gasteiger partial charge in [-0.1, -0.05) is 6.92 Å². The molecule has 0 aliphatic carbocycles. The Hall–Kier alpha value is -2.75. The zero-order chi connectivity index (χ0) is 17.9. The Bertz CT molecular complexity index is 782. The van der Waals surface area contributed by atoms with E-state index in [0.717, 1.165) is 11.1 Å². The Balaban J connectivity index is 2.06. The molecule has 0 spiro atoms. The molecule has 0 aromatic carbocycles. The first kappa shape index (κ1) is 17.6. The second kappa shape index (κ2) is 7.21. The number of hydrogen-bond acceptors (Lipinski definition) is 7. The predicted octanol–water partition coefficient (Wildman–Crippen LogP) is 2.22. The van der Waals surface area contributed by atoms with Crippen LogP contribution in [0.4, 0.5) is 10.7 Å². The minimum Gasteiger partial charge on any atom is -0.465 e. The number of nitro groups is 1. The average Bonchev–Trinajstić information content (AvgIpc) is 3.13. The van der Waals surface area contributed by atoms with Gasteiger partial charge in [0.1, 0.15) is 17.4 Å². The van der Waals surface area contributed by atoms with Gasteiger partial charge in [0, 0.05) is 4.88 Å². The van der Waals surface area contributed by atoms with E-state index in [1.165, 1.54) is 29.3 Å². The van der Waals surface area contributed by atoms with Gasteiger partial charge in [-0.05, 0) is 13.0 Å². The Morgan fingerprint density at radius 2 is 2.25 bits per heavy atom. The molecule has 2 rings (SSSR count). The number of nitrogens with zero attached hydrogens (tertiary/aromatic N) is 3. The lowest BCUT2D eigenvalue weighted by Gasteiger charge is -2.12. The molecule has 0 aliphatic heterocycles. The highest BCUT2D eigenvalue weighted by atomic mass is 32.1. The molecule has 1 N–H and O–H groups in total. The number of amides is 1. The number of nitrogens with one attached hydrogen (secondary N) is 1. The fraction of sp³-hybridized carbons (Fsp3) is 0.357. The fourth-order valence-electron chi connectivity index (χ4n) is 2.01. The summed E-state index contributed by atoms with van der Waals surface area (Å²) in [5.74, 6) is -1.34. The summed E-state index contributed by atoms with van der Waals surface area (Å²) in [5, 5.41) is 17.6. The Labute approximate surface area is 141 Å². The van der Waals surface area contributed by atoms with Crippen LogP contribution >= 0.6 is 11.3 Å². The van der Waals surface area contributed by atoms with E-state index in [9.17, 15) is 19.7 Å². The number of thiophene rings is 1. The maximum atomic E-state index is 12.3. The lowest BCUT2D eigenvalue weighted by molar-refractivity contribution is -0.385. The maximum absolute atomic E-state index is 12.3. The van der Waals surface area contributed by atoms with Crippen LogP contribution in [0.1, 0.15) is 22.2 Å². The Kier molecular flexibility index (Phi) is 5.29. The van der Waals surface area contributed by atoms with Gasteiger partial charge < -0.3 is 10.1 Å². The lowest BCUT2D eigenvalue weighted by atomic mass is 10.1. The van der Waals surface area contributed by atoms with Crippen molar-refractivity contribution in [3.8, 4) is 0 Å². The van der Waals surface area contributed by atoms with Crippen molar-refractivity contribution in [1.29, 1.82) is 0 Å². The van der Waals surface area contributed by atoms with Crippen molar-refractivity contribution < 1.29 is 19.2 Å². The van der Waals surface area contributed by atoms with Crippen LogP contribution in [-0.4, -0.2) is 33.7 Å². The van der Waals surface area contributed by atoms with E-state index in [0.29, 0.717) is 10.6 Å². The zero-order valence-electron chi connectivity index (χ0n) is 13.3. The molecule has 1 atom stereocenters. The van der Waals surface area contributed by atoms with Crippen molar-refractivity contribution in [2.75, 3.05) is 12.4 Å². The number of ether oxygens (including phenoxy) is 1. The highest BCUT2D eigenvalue weighted by Gasteiger charge is 2.21. The third kappa shape index (κ3) is 3.96. The van der Waals surface area contributed by atoms with E-state index in [-0.39, 0.29) is 18.1 Å². The lowest BCUT2D eigenvalue weighted by Crippen LogP contribution is -2.25. The van der Waals surface area contributed by atoms with Crippen molar-refractivity contribution in [3.63, 3.8) is 0 Å². The minimum atomic E-state index is -0.550. The highest BCUT2D eigenvalue weighted by molar-refractivity contribution is 7.16. The quantitative estimate of drug-likeness (QED) is 0.484. The number of carbonyl (C=O) groups excluding carboxylic acids is 2. The first-order valence-electron chi connectivity index (χ1n) is 6.98. The van der Waals surface area contributed by atoms with Crippen LogP contribution in [0.3, 0.4) is 0 Å². The molecular formula is C14H16N4O5S. The molecule has 9 nitrogen and oxygen atoms in total. The summed E-state index contributed by atoms with van der Waals surface area (Å²) in [6.07, 6.45) is 2.39. The van der Waals surface area contributed by atoms with Crippen molar-refractivity contribution in [1.82, 2.24) is 9.78 Å². The molecule has 128 valence electrons. The van der Waals surface area contributed by atoms with Crippen LogP contribution in [-0.2, 0) is 16.1 Å². The number of rotatable bonds is 6. The Morgan fingerprint density at radius 3 is 2.83 bits per heavy atom. The van der Waals surface area contributed by atoms with Crippen molar-refractivity contribution in [2.45, 2.75) is 20.4 Å². The van der Waals surface area contributed by atoms with Gasteiger partial charge >= 0.3 is 11.7 Å². The topological polar surface area (TPSA) is 116 Å². The van der Waals surface area contributed by atoms with Gasteiger partial charge in [0.25, 0.3) is 0 Å². The molecule has 1 amide bonds. The summed E-state index contributed by atoms with van der Waals surface area (Å²) >= 11 is 1.27. The SMILES string of the molecule is COC(=O)c1cc(C)sc1NC(=O)C(C)Cn1cc([N+](=O)[O-])cn1. The largest absolute Gasteiger partial charge is 0.465 e. The van der Waals surface area contributed by atoms with Gasteiger partial charge in [0.2, 0.25) is 5.91 Å². The standard InChI is InChI=1S/C14H16N4O5S/c1-8(6-17-7-10(5-15-17)18(21)22)12(19)16-13-11(14(20)23-3)4-9(2)24-13/h4-5,7-8H,6H2,1-3H3,(H,16,19). The molecule has 0 radical (unpaired) electrons. The summed E-state index contributed by atoms with van der Waals surface area (Å²) in [4.78, 5) is 35.0. The van der Waals surface area contributed by atoms with Crippen LogP contribution in [0.5, 0.6) is 0 Å².